The van der Waals surface area contributed by atoms with E-state index in [2.05, 4.69) is 0 Å². The lowest BCUT2D eigenvalue weighted by molar-refractivity contribution is 0.407. The molecule has 1 unspecified atom stereocenters. The van der Waals surface area contributed by atoms with E-state index in [1.807, 2.05) is 18.2 Å². The fraction of sp³-hybridized carbons (Fsp3) is 0.250. The first-order valence-electron chi connectivity index (χ1n) is 3.49. The van der Waals surface area contributed by atoms with Crippen LogP contribution in [0.25, 0.3) is 0 Å². The number of hydrogen-bond donors (Lipinski definition) is 0. The minimum Gasteiger partial charge on any atom is -0.328 e. The largest absolute Gasteiger partial charge is 0.328 e. The second-order valence-electron chi connectivity index (χ2n) is 2.31. The first kappa shape index (κ1) is 9.79. The smallest absolute Gasteiger partial charge is 0.246 e. The predicted molar refractivity (Wildman–Crippen MR) is 51.4 cm³/mol. The number of rotatable bonds is 3. The fourth-order valence-electron chi connectivity index (χ4n) is 0.878. The van der Waals surface area contributed by atoms with Gasteiger partial charge in [0.15, 0.2) is 0 Å². The molecule has 2 nitrogen and oxygen atoms in total. The molecule has 0 saturated heterocycles. The van der Waals surface area contributed by atoms with E-state index in [1.54, 1.807) is 12.1 Å². The lowest BCUT2D eigenvalue weighted by atomic mass is 10.4. The third-order valence-electron chi connectivity index (χ3n) is 1.60. The van der Waals surface area contributed by atoms with Crippen molar-refractivity contribution >= 4 is 24.3 Å². The molecule has 0 aliphatic heterocycles. The number of hydrogen-bond acceptors (Lipinski definition) is 2. The normalized spacial score (nSPS) is 15.5. The van der Waals surface area contributed by atoms with Crippen molar-refractivity contribution in [1.29, 1.82) is 0 Å². The van der Waals surface area contributed by atoms with Gasteiger partial charge in [-0.05, 0) is 12.1 Å². The zero-order valence-electron chi connectivity index (χ0n) is 6.74. The van der Waals surface area contributed by atoms with Crippen LogP contribution in [-0.4, -0.2) is 12.7 Å². The molecule has 1 atom stereocenters. The second-order valence-corrected chi connectivity index (χ2v) is 5.50. The molecule has 1 aromatic rings. The van der Waals surface area contributed by atoms with Crippen molar-refractivity contribution in [3.8, 4) is 0 Å². The number of halogens is 1. The first-order chi connectivity index (χ1) is 5.73. The standard InChI is InChI=1S/C8H10ClO2P/c1-11-12(10,7-9)8-5-3-2-4-6-8/h2-6H,7H2,1H3. The molecular weight excluding hydrogens is 195 g/mol. The molecular formula is C8H10ClO2P. The van der Waals surface area contributed by atoms with Gasteiger partial charge in [-0.1, -0.05) is 18.2 Å². The molecule has 0 fully saturated rings. The summed E-state index contributed by atoms with van der Waals surface area (Å²) in [6.07, 6.45) is 0. The Bertz CT molecular complexity index is 278. The highest BCUT2D eigenvalue weighted by molar-refractivity contribution is 7.68. The Morgan fingerprint density at radius 3 is 2.42 bits per heavy atom. The SMILES string of the molecule is COP(=O)(CCl)c1ccccc1. The maximum atomic E-state index is 11.8. The van der Waals surface area contributed by atoms with E-state index < -0.39 is 7.37 Å². The van der Waals surface area contributed by atoms with Crippen LogP contribution in [0.4, 0.5) is 0 Å². The molecule has 1 rings (SSSR count). The van der Waals surface area contributed by atoms with Crippen molar-refractivity contribution in [2.24, 2.45) is 0 Å². The molecule has 0 spiro atoms. The highest BCUT2D eigenvalue weighted by atomic mass is 35.5. The van der Waals surface area contributed by atoms with Crippen molar-refractivity contribution in [1.82, 2.24) is 0 Å². The lowest BCUT2D eigenvalue weighted by Gasteiger charge is -2.12. The molecule has 12 heavy (non-hydrogen) atoms. The van der Waals surface area contributed by atoms with Gasteiger partial charge >= 0.3 is 0 Å². The fourth-order valence-corrected chi connectivity index (χ4v) is 2.66. The monoisotopic (exact) mass is 204 g/mol. The van der Waals surface area contributed by atoms with Crippen molar-refractivity contribution in [3.05, 3.63) is 30.3 Å². The van der Waals surface area contributed by atoms with Gasteiger partial charge in [0.2, 0.25) is 7.37 Å². The summed E-state index contributed by atoms with van der Waals surface area (Å²) >= 11 is 5.56. The van der Waals surface area contributed by atoms with Gasteiger partial charge in [0, 0.05) is 12.4 Å². The van der Waals surface area contributed by atoms with Gasteiger partial charge in [-0.15, -0.1) is 11.6 Å². The predicted octanol–water partition coefficient (Wildman–Crippen LogP) is 2.43. The molecule has 0 aromatic heterocycles. The summed E-state index contributed by atoms with van der Waals surface area (Å²) in [6, 6.07) is 9.00. The van der Waals surface area contributed by atoms with E-state index in [9.17, 15) is 4.57 Å². The van der Waals surface area contributed by atoms with Crippen LogP contribution < -0.4 is 5.30 Å². The summed E-state index contributed by atoms with van der Waals surface area (Å²) in [7, 11) is -1.36. The molecule has 66 valence electrons. The van der Waals surface area contributed by atoms with Crippen LogP contribution in [0.1, 0.15) is 0 Å². The second kappa shape index (κ2) is 4.08. The Kier molecular flexibility index (Phi) is 3.33. The highest BCUT2D eigenvalue weighted by Gasteiger charge is 2.22. The van der Waals surface area contributed by atoms with Gasteiger partial charge in [-0.3, -0.25) is 4.57 Å². The van der Waals surface area contributed by atoms with Gasteiger partial charge < -0.3 is 4.52 Å². The highest BCUT2D eigenvalue weighted by Crippen LogP contribution is 2.45. The molecule has 0 aliphatic rings. The van der Waals surface area contributed by atoms with E-state index in [4.69, 9.17) is 16.1 Å². The zero-order chi connectivity index (χ0) is 9.03. The van der Waals surface area contributed by atoms with Crippen LogP contribution in [0.2, 0.25) is 0 Å². The molecule has 1 aromatic carbocycles. The van der Waals surface area contributed by atoms with E-state index in [1.165, 1.54) is 7.11 Å². The average Bonchev–Trinajstić information content (AvgIpc) is 2.18. The summed E-state index contributed by atoms with van der Waals surface area (Å²) < 4.78 is 16.7. The maximum Gasteiger partial charge on any atom is 0.246 e. The minimum atomic E-state index is -2.77. The Morgan fingerprint density at radius 1 is 1.42 bits per heavy atom. The Morgan fingerprint density at radius 2 is 2.00 bits per heavy atom. The van der Waals surface area contributed by atoms with Crippen molar-refractivity contribution in [2.75, 3.05) is 12.7 Å². The molecule has 4 heteroatoms. The number of alkyl halides is 1. The maximum absolute atomic E-state index is 11.8. The quantitative estimate of drug-likeness (QED) is 0.558. The zero-order valence-corrected chi connectivity index (χ0v) is 8.39. The molecule has 0 bridgehead atoms. The molecule has 0 N–H and O–H groups in total. The van der Waals surface area contributed by atoms with Crippen LogP contribution in [0.15, 0.2) is 30.3 Å². The summed E-state index contributed by atoms with van der Waals surface area (Å²) in [6.45, 7) is 0. The third-order valence-corrected chi connectivity index (χ3v) is 4.54. The summed E-state index contributed by atoms with van der Waals surface area (Å²) in [5, 5.41) is 0.669. The summed E-state index contributed by atoms with van der Waals surface area (Å²) in [4.78, 5) is 0. The minimum absolute atomic E-state index is 0.0213. The van der Waals surface area contributed by atoms with Gasteiger partial charge in [0.1, 0.15) is 5.62 Å². The van der Waals surface area contributed by atoms with E-state index in [0.29, 0.717) is 5.30 Å². The molecule has 0 saturated carbocycles. The van der Waals surface area contributed by atoms with Gasteiger partial charge in [-0.2, -0.15) is 0 Å². The Balaban J connectivity index is 3.04. The van der Waals surface area contributed by atoms with Crippen LogP contribution in [0, 0.1) is 0 Å². The van der Waals surface area contributed by atoms with Crippen molar-refractivity contribution < 1.29 is 9.09 Å². The van der Waals surface area contributed by atoms with Crippen LogP contribution in [0.3, 0.4) is 0 Å². The van der Waals surface area contributed by atoms with E-state index >= 15 is 0 Å². The molecule has 0 radical (unpaired) electrons. The summed E-state index contributed by atoms with van der Waals surface area (Å²) in [5.41, 5.74) is 0.0213. The Hall–Kier alpha value is -0.300. The summed E-state index contributed by atoms with van der Waals surface area (Å²) in [5.74, 6) is 0. The molecule has 0 amide bonds. The number of benzene rings is 1. The third kappa shape index (κ3) is 1.89. The van der Waals surface area contributed by atoms with E-state index in [0.717, 1.165) is 0 Å². The van der Waals surface area contributed by atoms with E-state index in [-0.39, 0.29) is 5.62 Å². The lowest BCUT2D eigenvalue weighted by Crippen LogP contribution is -2.05. The van der Waals surface area contributed by atoms with Gasteiger partial charge in [-0.25, -0.2) is 0 Å². The Labute approximate surface area is 77.0 Å². The van der Waals surface area contributed by atoms with Crippen molar-refractivity contribution in [3.63, 3.8) is 0 Å². The van der Waals surface area contributed by atoms with Crippen LogP contribution in [-0.2, 0) is 9.09 Å². The first-order valence-corrected chi connectivity index (χ1v) is 5.84. The van der Waals surface area contributed by atoms with Gasteiger partial charge in [0.05, 0.1) is 0 Å². The molecule has 0 aliphatic carbocycles. The van der Waals surface area contributed by atoms with Crippen molar-refractivity contribution in [2.45, 2.75) is 0 Å². The average molecular weight is 205 g/mol. The van der Waals surface area contributed by atoms with Crippen LogP contribution >= 0.6 is 19.0 Å². The van der Waals surface area contributed by atoms with Gasteiger partial charge in [0.25, 0.3) is 0 Å². The van der Waals surface area contributed by atoms with Crippen LogP contribution in [0.5, 0.6) is 0 Å². The topological polar surface area (TPSA) is 26.3 Å². The molecule has 0 heterocycles.